The number of oxime groups is 1. The van der Waals surface area contributed by atoms with Crippen LogP contribution in [0.1, 0.15) is 16.8 Å². The van der Waals surface area contributed by atoms with E-state index >= 15 is 0 Å². The highest BCUT2D eigenvalue weighted by Crippen LogP contribution is 2.39. The van der Waals surface area contributed by atoms with Gasteiger partial charge in [0, 0.05) is 17.8 Å². The van der Waals surface area contributed by atoms with Crippen molar-refractivity contribution in [2.75, 3.05) is 26.9 Å². The second-order valence-corrected chi connectivity index (χ2v) is 7.97. The third-order valence-electron chi connectivity index (χ3n) is 5.79. The molecule has 1 N–H and O–H groups in total. The highest BCUT2D eigenvalue weighted by molar-refractivity contribution is 6.01. The number of fused-ring (bicyclic) bond motifs is 1. The monoisotopic (exact) mass is 468 g/mol. The molecule has 0 bridgehead atoms. The van der Waals surface area contributed by atoms with Gasteiger partial charge in [0.25, 0.3) is 5.72 Å². The molecule has 8 nitrogen and oxygen atoms in total. The Bertz CT molecular complexity index is 1290. The number of ether oxygens (including phenoxy) is 2. The number of aliphatic hydroxyl groups excluding tert-OH is 1. The van der Waals surface area contributed by atoms with Crippen molar-refractivity contribution in [2.24, 2.45) is 5.16 Å². The molecule has 1 aromatic heterocycles. The van der Waals surface area contributed by atoms with Crippen LogP contribution in [0.2, 0.25) is 0 Å². The van der Waals surface area contributed by atoms with Gasteiger partial charge in [-0.1, -0.05) is 11.2 Å². The first kappa shape index (κ1) is 21.9. The molecule has 176 valence electrons. The number of hydrogen-bond acceptors (Lipinski definition) is 7. The minimum absolute atomic E-state index is 0.120. The van der Waals surface area contributed by atoms with Gasteiger partial charge in [-0.05, 0) is 42.8 Å². The molecule has 1 saturated heterocycles. The summed E-state index contributed by atoms with van der Waals surface area (Å²) < 4.78 is 41.1. The molecular formula is C24H22F2N4O4. The van der Waals surface area contributed by atoms with Crippen LogP contribution in [-0.4, -0.2) is 52.3 Å². The molecule has 1 fully saturated rings. The number of methoxy groups -OCH3 is 1. The van der Waals surface area contributed by atoms with E-state index in [-0.39, 0.29) is 12.2 Å². The van der Waals surface area contributed by atoms with E-state index in [4.69, 9.17) is 14.3 Å². The minimum atomic E-state index is -1.55. The first-order valence-corrected chi connectivity index (χ1v) is 10.6. The third kappa shape index (κ3) is 3.65. The molecule has 10 heteroatoms. The van der Waals surface area contributed by atoms with Crippen molar-refractivity contribution in [3.8, 4) is 11.4 Å². The Hall–Kier alpha value is -3.92. The van der Waals surface area contributed by atoms with E-state index in [1.54, 1.807) is 24.4 Å². The van der Waals surface area contributed by atoms with Crippen molar-refractivity contribution in [2.45, 2.75) is 12.6 Å². The third-order valence-corrected chi connectivity index (χ3v) is 5.79. The first-order valence-electron chi connectivity index (χ1n) is 10.6. The Morgan fingerprint density at radius 2 is 2.00 bits per heavy atom. The van der Waals surface area contributed by atoms with Crippen molar-refractivity contribution in [3.05, 3.63) is 83.1 Å². The molecule has 3 heterocycles. The predicted molar refractivity (Wildman–Crippen MR) is 119 cm³/mol. The average molecular weight is 468 g/mol. The Balaban J connectivity index is 1.49. The van der Waals surface area contributed by atoms with E-state index in [1.807, 2.05) is 35.9 Å². The Kier molecular flexibility index (Phi) is 5.45. The summed E-state index contributed by atoms with van der Waals surface area (Å²) in [4.78, 5) is 11.5. The Morgan fingerprint density at radius 1 is 1.21 bits per heavy atom. The fraction of sp³-hybridized carbons (Fsp3) is 0.250. The van der Waals surface area contributed by atoms with Crippen LogP contribution in [0.25, 0.3) is 11.8 Å². The maximum atomic E-state index is 13.9. The van der Waals surface area contributed by atoms with Crippen LogP contribution in [0.3, 0.4) is 0 Å². The molecule has 0 aliphatic carbocycles. The van der Waals surface area contributed by atoms with Gasteiger partial charge in [0.15, 0.2) is 5.76 Å². The summed E-state index contributed by atoms with van der Waals surface area (Å²) in [7, 11) is 1.58. The van der Waals surface area contributed by atoms with Crippen molar-refractivity contribution in [1.82, 2.24) is 14.5 Å². The number of aromatic nitrogens is 2. The lowest BCUT2D eigenvalue weighted by molar-refractivity contribution is -0.141. The SMILES string of the molecule is COc1cc(/C=C2\OCCN3C2=NOC3(CO)c2cc(F)cc(F)c2)ccc1-n1cnc(C)c1. The lowest BCUT2D eigenvalue weighted by Crippen LogP contribution is -2.52. The normalized spacial score (nSPS) is 20.6. The molecule has 3 aromatic rings. The van der Waals surface area contributed by atoms with E-state index in [0.717, 1.165) is 35.1 Å². The summed E-state index contributed by atoms with van der Waals surface area (Å²) in [5, 5.41) is 14.3. The van der Waals surface area contributed by atoms with Gasteiger partial charge in [0.2, 0.25) is 5.84 Å². The highest BCUT2D eigenvalue weighted by Gasteiger charge is 2.50. The molecule has 2 aromatic carbocycles. The summed E-state index contributed by atoms with van der Waals surface area (Å²) in [6, 6.07) is 8.64. The second-order valence-electron chi connectivity index (χ2n) is 7.97. The van der Waals surface area contributed by atoms with Crippen LogP contribution in [0.5, 0.6) is 5.75 Å². The fourth-order valence-corrected chi connectivity index (χ4v) is 4.17. The zero-order chi connectivity index (χ0) is 23.9. The van der Waals surface area contributed by atoms with Gasteiger partial charge in [-0.15, -0.1) is 0 Å². The molecule has 1 atom stereocenters. The number of nitrogens with zero attached hydrogens (tertiary/aromatic N) is 4. The number of hydrogen-bond donors (Lipinski definition) is 1. The number of morpholine rings is 1. The van der Waals surface area contributed by atoms with E-state index < -0.39 is 24.0 Å². The largest absolute Gasteiger partial charge is 0.495 e. The van der Waals surface area contributed by atoms with Crippen LogP contribution in [0.4, 0.5) is 8.78 Å². The van der Waals surface area contributed by atoms with Crippen molar-refractivity contribution >= 4 is 11.9 Å². The van der Waals surface area contributed by atoms with Crippen molar-refractivity contribution in [3.63, 3.8) is 0 Å². The summed E-state index contributed by atoms with van der Waals surface area (Å²) >= 11 is 0. The van der Waals surface area contributed by atoms with Crippen molar-refractivity contribution < 1.29 is 28.2 Å². The Labute approximate surface area is 194 Å². The van der Waals surface area contributed by atoms with E-state index in [0.29, 0.717) is 23.9 Å². The molecule has 34 heavy (non-hydrogen) atoms. The first-order chi connectivity index (χ1) is 16.4. The van der Waals surface area contributed by atoms with E-state index in [9.17, 15) is 13.9 Å². The zero-order valence-electron chi connectivity index (χ0n) is 18.5. The molecule has 2 aliphatic rings. The molecule has 2 aliphatic heterocycles. The number of benzene rings is 2. The topological polar surface area (TPSA) is 81.3 Å². The van der Waals surface area contributed by atoms with Crippen LogP contribution < -0.4 is 4.74 Å². The lowest BCUT2D eigenvalue weighted by Gasteiger charge is -2.38. The van der Waals surface area contributed by atoms with Gasteiger partial charge < -0.3 is 28.9 Å². The quantitative estimate of drug-likeness (QED) is 0.619. The molecule has 1 unspecified atom stereocenters. The number of rotatable bonds is 5. The summed E-state index contributed by atoms with van der Waals surface area (Å²) in [5.74, 6) is -0.206. The highest BCUT2D eigenvalue weighted by atomic mass is 19.1. The number of aryl methyl sites for hydroxylation is 1. The van der Waals surface area contributed by atoms with Crippen LogP contribution in [0.15, 0.2) is 59.8 Å². The molecule has 5 rings (SSSR count). The number of imidazole rings is 1. The zero-order valence-corrected chi connectivity index (χ0v) is 18.5. The second kappa shape index (κ2) is 8.45. The van der Waals surface area contributed by atoms with Gasteiger partial charge in [-0.2, -0.15) is 0 Å². The predicted octanol–water partition coefficient (Wildman–Crippen LogP) is 3.33. The maximum Gasteiger partial charge on any atom is 0.260 e. The van der Waals surface area contributed by atoms with Gasteiger partial charge in [0.1, 0.15) is 30.6 Å². The number of amidine groups is 1. The molecule has 0 saturated carbocycles. The van der Waals surface area contributed by atoms with Gasteiger partial charge >= 0.3 is 0 Å². The molecule has 0 spiro atoms. The minimum Gasteiger partial charge on any atom is -0.495 e. The lowest BCUT2D eigenvalue weighted by atomic mass is 10.00. The fourth-order valence-electron chi connectivity index (χ4n) is 4.17. The summed E-state index contributed by atoms with van der Waals surface area (Å²) in [5.41, 5.74) is 1.05. The van der Waals surface area contributed by atoms with Gasteiger partial charge in [-0.3, -0.25) is 0 Å². The van der Waals surface area contributed by atoms with Gasteiger partial charge in [-0.25, -0.2) is 13.8 Å². The van der Waals surface area contributed by atoms with E-state index in [1.165, 1.54) is 0 Å². The average Bonchev–Trinajstić information content (AvgIpc) is 3.43. The van der Waals surface area contributed by atoms with Crippen LogP contribution >= 0.6 is 0 Å². The standard InChI is InChI=1S/C24H22F2N4O4/c1-15-12-29(14-27-15)20-4-3-16(7-21(20)32-2)8-22-23-28-34-24(13-31,30(23)5-6-33-22)17-9-18(25)11-19(26)10-17/h3-4,7-12,14,31H,5-6,13H2,1-2H3/b22-8-. The number of halogens is 2. The summed E-state index contributed by atoms with van der Waals surface area (Å²) in [6.07, 6.45) is 5.37. The molecular weight excluding hydrogens is 446 g/mol. The summed E-state index contributed by atoms with van der Waals surface area (Å²) in [6.45, 7) is 1.90. The molecule has 0 amide bonds. The van der Waals surface area contributed by atoms with Crippen LogP contribution in [0, 0.1) is 18.6 Å². The molecule has 0 radical (unpaired) electrons. The van der Waals surface area contributed by atoms with Crippen LogP contribution in [-0.2, 0) is 15.3 Å². The maximum absolute atomic E-state index is 13.9. The van der Waals surface area contributed by atoms with E-state index in [2.05, 4.69) is 10.1 Å². The smallest absolute Gasteiger partial charge is 0.260 e. The van der Waals surface area contributed by atoms with Crippen molar-refractivity contribution in [1.29, 1.82) is 0 Å². The number of aliphatic hydroxyl groups is 1. The van der Waals surface area contributed by atoms with Gasteiger partial charge in [0.05, 0.1) is 31.4 Å². The Morgan fingerprint density at radius 3 is 2.68 bits per heavy atom.